The van der Waals surface area contributed by atoms with Gasteiger partial charge in [-0.2, -0.15) is 0 Å². The molecule has 2 aromatic rings. The van der Waals surface area contributed by atoms with Crippen LogP contribution in [0.5, 0.6) is 5.75 Å². The van der Waals surface area contributed by atoms with E-state index < -0.39 is 0 Å². The van der Waals surface area contributed by atoms with Crippen molar-refractivity contribution in [3.05, 3.63) is 64.2 Å². The van der Waals surface area contributed by atoms with Gasteiger partial charge in [-0.3, -0.25) is 0 Å². The molecule has 0 aliphatic carbocycles. The second-order valence-electron chi connectivity index (χ2n) is 5.74. The van der Waals surface area contributed by atoms with Crippen molar-refractivity contribution in [2.45, 2.75) is 40.3 Å². The van der Waals surface area contributed by atoms with Gasteiger partial charge < -0.3 is 10.1 Å². The van der Waals surface area contributed by atoms with Gasteiger partial charge in [-0.05, 0) is 68.6 Å². The van der Waals surface area contributed by atoms with Crippen molar-refractivity contribution in [2.24, 2.45) is 0 Å². The van der Waals surface area contributed by atoms with Crippen LogP contribution in [0.25, 0.3) is 0 Å². The van der Waals surface area contributed by atoms with Crippen LogP contribution >= 0.6 is 0 Å². The summed E-state index contributed by atoms with van der Waals surface area (Å²) in [6.07, 6.45) is 0. The van der Waals surface area contributed by atoms with E-state index in [0.717, 1.165) is 5.75 Å². The van der Waals surface area contributed by atoms with Gasteiger partial charge in [-0.1, -0.05) is 30.3 Å². The van der Waals surface area contributed by atoms with E-state index in [1.165, 1.54) is 27.8 Å². The van der Waals surface area contributed by atoms with Gasteiger partial charge in [0.2, 0.25) is 0 Å². The minimum absolute atomic E-state index is 0.359. The van der Waals surface area contributed by atoms with Crippen LogP contribution < -0.4 is 10.1 Å². The van der Waals surface area contributed by atoms with Gasteiger partial charge in [-0.15, -0.1) is 0 Å². The number of ether oxygens (including phenoxy) is 1. The average molecular weight is 283 g/mol. The first-order valence-corrected chi connectivity index (χ1v) is 7.48. The van der Waals surface area contributed by atoms with Crippen molar-refractivity contribution >= 4 is 0 Å². The molecule has 0 bridgehead atoms. The smallest absolute Gasteiger partial charge is 0.122 e. The van der Waals surface area contributed by atoms with Gasteiger partial charge >= 0.3 is 0 Å². The molecule has 2 heteroatoms. The van der Waals surface area contributed by atoms with E-state index in [9.17, 15) is 0 Å². The molecule has 2 nitrogen and oxygen atoms in total. The van der Waals surface area contributed by atoms with Crippen molar-refractivity contribution in [3.8, 4) is 5.75 Å². The van der Waals surface area contributed by atoms with Crippen LogP contribution in [0.3, 0.4) is 0 Å². The van der Waals surface area contributed by atoms with Crippen molar-refractivity contribution in [3.63, 3.8) is 0 Å². The molecule has 1 atom stereocenters. The fourth-order valence-electron chi connectivity index (χ4n) is 2.32. The molecule has 21 heavy (non-hydrogen) atoms. The van der Waals surface area contributed by atoms with Gasteiger partial charge in [0.15, 0.2) is 0 Å². The van der Waals surface area contributed by atoms with E-state index in [4.69, 9.17) is 4.74 Å². The van der Waals surface area contributed by atoms with Crippen LogP contribution in [0.1, 0.15) is 40.8 Å². The first-order chi connectivity index (χ1) is 10.0. The van der Waals surface area contributed by atoms with Gasteiger partial charge in [-0.25, -0.2) is 0 Å². The molecule has 0 aromatic heterocycles. The molecule has 0 fully saturated rings. The van der Waals surface area contributed by atoms with Gasteiger partial charge in [0.25, 0.3) is 0 Å². The van der Waals surface area contributed by atoms with Crippen LogP contribution in [0.15, 0.2) is 36.4 Å². The maximum absolute atomic E-state index is 5.97. The van der Waals surface area contributed by atoms with Crippen molar-refractivity contribution in [1.82, 2.24) is 5.32 Å². The Morgan fingerprint density at radius 2 is 1.71 bits per heavy atom. The third-order valence-corrected chi connectivity index (χ3v) is 4.10. The maximum atomic E-state index is 5.97. The predicted octanol–water partition coefficient (Wildman–Crippen LogP) is 4.47. The molecular weight excluding hydrogens is 258 g/mol. The normalized spacial score (nSPS) is 12.2. The molecule has 0 amide bonds. The lowest BCUT2D eigenvalue weighted by atomic mass is 10.0. The summed E-state index contributed by atoms with van der Waals surface area (Å²) < 4.78 is 5.97. The van der Waals surface area contributed by atoms with Crippen molar-refractivity contribution in [2.75, 3.05) is 7.05 Å². The fraction of sp³-hybridized carbons (Fsp3) is 0.368. The van der Waals surface area contributed by atoms with Gasteiger partial charge in [0.1, 0.15) is 12.4 Å². The molecule has 2 aromatic carbocycles. The van der Waals surface area contributed by atoms with E-state index in [1.807, 2.05) is 7.05 Å². The number of hydrogen-bond donors (Lipinski definition) is 1. The maximum Gasteiger partial charge on any atom is 0.122 e. The van der Waals surface area contributed by atoms with E-state index in [0.29, 0.717) is 12.6 Å². The van der Waals surface area contributed by atoms with Crippen LogP contribution in [0, 0.1) is 20.8 Å². The molecule has 112 valence electrons. The molecule has 0 saturated carbocycles. The second-order valence-corrected chi connectivity index (χ2v) is 5.74. The van der Waals surface area contributed by atoms with E-state index in [1.54, 1.807) is 0 Å². The lowest BCUT2D eigenvalue weighted by molar-refractivity contribution is 0.304. The van der Waals surface area contributed by atoms with Crippen molar-refractivity contribution < 1.29 is 4.74 Å². The topological polar surface area (TPSA) is 21.3 Å². The Hall–Kier alpha value is -1.80. The minimum atomic E-state index is 0.359. The highest BCUT2D eigenvalue weighted by Gasteiger charge is 2.06. The Labute approximate surface area is 128 Å². The fourth-order valence-corrected chi connectivity index (χ4v) is 2.32. The Bertz CT molecular complexity index is 619. The Morgan fingerprint density at radius 3 is 2.33 bits per heavy atom. The number of nitrogens with one attached hydrogen (secondary N) is 1. The number of rotatable bonds is 5. The molecule has 0 aliphatic heterocycles. The number of hydrogen-bond acceptors (Lipinski definition) is 2. The number of benzene rings is 2. The SMILES string of the molecule is CNC(C)c1ccc(OCc2ccc(C)c(C)c2)c(C)c1. The molecular formula is C19H25NO. The lowest BCUT2D eigenvalue weighted by Crippen LogP contribution is -2.12. The summed E-state index contributed by atoms with van der Waals surface area (Å²) in [5.41, 5.74) is 6.31. The molecule has 0 heterocycles. The summed E-state index contributed by atoms with van der Waals surface area (Å²) in [6.45, 7) is 9.14. The highest BCUT2D eigenvalue weighted by atomic mass is 16.5. The zero-order chi connectivity index (χ0) is 15.4. The monoisotopic (exact) mass is 283 g/mol. The summed E-state index contributed by atoms with van der Waals surface area (Å²) >= 11 is 0. The molecule has 2 rings (SSSR count). The van der Waals surface area contributed by atoms with Gasteiger partial charge in [0.05, 0.1) is 0 Å². The molecule has 0 radical (unpaired) electrons. The Morgan fingerprint density at radius 1 is 0.952 bits per heavy atom. The first-order valence-electron chi connectivity index (χ1n) is 7.48. The zero-order valence-corrected chi connectivity index (χ0v) is 13.7. The predicted molar refractivity (Wildman–Crippen MR) is 88.9 cm³/mol. The van der Waals surface area contributed by atoms with E-state index in [2.05, 4.69) is 69.4 Å². The highest BCUT2D eigenvalue weighted by Crippen LogP contribution is 2.23. The summed E-state index contributed by atoms with van der Waals surface area (Å²) in [4.78, 5) is 0. The molecule has 1 unspecified atom stereocenters. The van der Waals surface area contributed by atoms with Gasteiger partial charge in [0, 0.05) is 6.04 Å². The third kappa shape index (κ3) is 3.85. The zero-order valence-electron chi connectivity index (χ0n) is 13.7. The molecule has 0 spiro atoms. The standard InChI is InChI=1S/C19H25NO/c1-13-6-7-17(10-14(13)2)12-21-19-9-8-18(11-15(19)3)16(4)20-5/h6-11,16,20H,12H2,1-5H3. The average Bonchev–Trinajstić information content (AvgIpc) is 2.48. The van der Waals surface area contributed by atoms with Crippen molar-refractivity contribution in [1.29, 1.82) is 0 Å². The quantitative estimate of drug-likeness (QED) is 0.874. The lowest BCUT2D eigenvalue weighted by Gasteiger charge is -2.15. The highest BCUT2D eigenvalue weighted by molar-refractivity contribution is 5.38. The van der Waals surface area contributed by atoms with Crippen LogP contribution in [-0.4, -0.2) is 7.05 Å². The second kappa shape index (κ2) is 6.77. The summed E-state index contributed by atoms with van der Waals surface area (Å²) in [6, 6.07) is 13.2. The van der Waals surface area contributed by atoms with Crippen LogP contribution in [-0.2, 0) is 6.61 Å². The third-order valence-electron chi connectivity index (χ3n) is 4.10. The Balaban J connectivity index is 2.07. The summed E-state index contributed by atoms with van der Waals surface area (Å²) in [5, 5.41) is 3.26. The number of aryl methyl sites for hydroxylation is 3. The van der Waals surface area contributed by atoms with E-state index in [-0.39, 0.29) is 0 Å². The molecule has 1 N–H and O–H groups in total. The molecule has 0 aliphatic rings. The summed E-state index contributed by atoms with van der Waals surface area (Å²) in [5.74, 6) is 0.959. The molecule has 0 saturated heterocycles. The summed E-state index contributed by atoms with van der Waals surface area (Å²) in [7, 11) is 1.98. The first kappa shape index (κ1) is 15.6. The largest absolute Gasteiger partial charge is 0.489 e. The van der Waals surface area contributed by atoms with E-state index >= 15 is 0 Å². The van der Waals surface area contributed by atoms with Crippen LogP contribution in [0.4, 0.5) is 0 Å². The minimum Gasteiger partial charge on any atom is -0.489 e. The van der Waals surface area contributed by atoms with Crippen LogP contribution in [0.2, 0.25) is 0 Å². The Kier molecular flexibility index (Phi) is 5.03.